The van der Waals surface area contributed by atoms with E-state index in [9.17, 15) is 5.11 Å². The molecule has 0 bridgehead atoms. The molecule has 42 heavy (non-hydrogen) atoms. The number of phenolic OH excluding ortho intramolecular Hbond substituents is 1. The molecule has 5 rings (SSSR count). The van der Waals surface area contributed by atoms with Gasteiger partial charge >= 0.3 is 0 Å². The van der Waals surface area contributed by atoms with E-state index >= 15 is 0 Å². The molecule has 0 amide bonds. The molecular weight excluding hydrogens is 557 g/mol. The molecule has 0 unspecified atom stereocenters. The van der Waals surface area contributed by atoms with E-state index in [0.717, 1.165) is 38.8 Å². The molecule has 6 heteroatoms. The molecule has 4 aromatic carbocycles. The second-order valence-electron chi connectivity index (χ2n) is 12.0. The molecule has 4 nitrogen and oxygen atoms in total. The molecule has 0 aliphatic carbocycles. The Labute approximate surface area is 256 Å². The third-order valence-electron chi connectivity index (χ3n) is 8.38. The summed E-state index contributed by atoms with van der Waals surface area (Å²) in [6.45, 7) is 14.4. The van der Waals surface area contributed by atoms with Crippen LogP contribution in [0.15, 0.2) is 102 Å². The average molecular weight is 599 g/mol. The number of thioether (sulfide) groups is 1. The van der Waals surface area contributed by atoms with E-state index in [4.69, 9.17) is 13.9 Å². The van der Waals surface area contributed by atoms with Crippen LogP contribution in [0.1, 0.15) is 69.6 Å². The fourth-order valence-electron chi connectivity index (χ4n) is 6.34. The van der Waals surface area contributed by atoms with Crippen LogP contribution < -0.4 is 13.9 Å². The van der Waals surface area contributed by atoms with Gasteiger partial charge in [0.25, 0.3) is 8.32 Å². The Morgan fingerprint density at radius 2 is 1.33 bits per heavy atom. The molecule has 0 saturated carbocycles. The van der Waals surface area contributed by atoms with Gasteiger partial charge in [0.15, 0.2) is 0 Å². The average Bonchev–Trinajstić information content (AvgIpc) is 2.99. The molecule has 1 N–H and O–H groups in total. The van der Waals surface area contributed by atoms with Crippen LogP contribution in [0.4, 0.5) is 0 Å². The van der Waals surface area contributed by atoms with Crippen molar-refractivity contribution >= 4 is 20.1 Å². The lowest BCUT2D eigenvalue weighted by Gasteiger charge is -2.42. The van der Waals surface area contributed by atoms with Crippen molar-refractivity contribution in [1.29, 1.82) is 0 Å². The first-order valence-corrected chi connectivity index (χ1v) is 17.9. The van der Waals surface area contributed by atoms with Crippen LogP contribution in [0, 0.1) is 0 Å². The topological polar surface area (TPSA) is 47.9 Å². The van der Waals surface area contributed by atoms with Gasteiger partial charge in [0.2, 0.25) is 0 Å². The zero-order valence-electron chi connectivity index (χ0n) is 25.4. The fraction of sp³-hybridized carbons (Fsp3) is 0.333. The van der Waals surface area contributed by atoms with E-state index in [1.165, 1.54) is 0 Å². The number of hydrogen-bond donors (Lipinski definition) is 1. The quantitative estimate of drug-likeness (QED) is 0.184. The summed E-state index contributed by atoms with van der Waals surface area (Å²) in [7, 11) is -2.05. The normalized spacial score (nSPS) is 16.8. The van der Waals surface area contributed by atoms with Crippen LogP contribution in [0.3, 0.4) is 0 Å². The number of fused-ring (bicyclic) bond motifs is 1. The number of aromatic hydroxyl groups is 1. The summed E-state index contributed by atoms with van der Waals surface area (Å²) in [6, 6.07) is 32.2. The summed E-state index contributed by atoms with van der Waals surface area (Å²) >= 11 is 1.79. The van der Waals surface area contributed by atoms with Gasteiger partial charge in [0, 0.05) is 0 Å². The first-order valence-electron chi connectivity index (χ1n) is 14.9. The Balaban J connectivity index is 1.43. The molecule has 1 heterocycles. The van der Waals surface area contributed by atoms with Crippen LogP contribution in [-0.2, 0) is 6.61 Å². The van der Waals surface area contributed by atoms with E-state index < -0.39 is 8.32 Å². The minimum absolute atomic E-state index is 0.00256. The molecule has 0 spiro atoms. The van der Waals surface area contributed by atoms with Gasteiger partial charge in [-0.3, -0.25) is 0 Å². The van der Waals surface area contributed by atoms with Gasteiger partial charge in [-0.2, -0.15) is 0 Å². The Hall–Kier alpha value is -3.35. The van der Waals surface area contributed by atoms with Crippen molar-refractivity contribution in [2.75, 3.05) is 0 Å². The van der Waals surface area contributed by atoms with Crippen molar-refractivity contribution in [3.63, 3.8) is 0 Å². The first-order chi connectivity index (χ1) is 20.2. The fourth-order valence-corrected chi connectivity index (χ4v) is 12.9. The summed E-state index contributed by atoms with van der Waals surface area (Å²) in [6.07, 6.45) is -0.221. The van der Waals surface area contributed by atoms with E-state index in [2.05, 4.69) is 84.0 Å². The monoisotopic (exact) mass is 598 g/mol. The Bertz CT molecular complexity index is 1430. The number of phenols is 1. The van der Waals surface area contributed by atoms with Gasteiger partial charge in [-0.15, -0.1) is 11.8 Å². The van der Waals surface area contributed by atoms with E-state index in [-0.39, 0.29) is 17.1 Å². The van der Waals surface area contributed by atoms with Gasteiger partial charge in [0.1, 0.15) is 35.7 Å². The predicted octanol–water partition coefficient (Wildman–Crippen LogP) is 10.5. The van der Waals surface area contributed by atoms with Crippen molar-refractivity contribution in [3.8, 4) is 23.0 Å². The van der Waals surface area contributed by atoms with E-state index in [1.54, 1.807) is 23.9 Å². The second-order valence-corrected chi connectivity index (χ2v) is 18.6. The molecule has 2 atom stereocenters. The lowest BCUT2D eigenvalue weighted by molar-refractivity contribution is 0.190. The van der Waals surface area contributed by atoms with Crippen molar-refractivity contribution < 1.29 is 19.0 Å². The highest BCUT2D eigenvalue weighted by atomic mass is 32.2. The van der Waals surface area contributed by atoms with Crippen LogP contribution >= 0.6 is 11.8 Å². The van der Waals surface area contributed by atoms with Gasteiger partial charge in [-0.1, -0.05) is 96.1 Å². The first kappa shape index (κ1) is 30.1. The van der Waals surface area contributed by atoms with Gasteiger partial charge < -0.3 is 19.0 Å². The number of hydrogen-bond acceptors (Lipinski definition) is 5. The van der Waals surface area contributed by atoms with Crippen LogP contribution in [0.2, 0.25) is 16.6 Å². The molecular formula is C36H42O4SSi. The molecule has 220 valence electrons. The molecule has 0 radical (unpaired) electrons. The number of benzene rings is 4. The standard InChI is InChI=1S/C36H42O4SSi/c1-24(2)42(25(3)4,26(5)6)40-31-18-14-29(15-19-31)36-35(28-12-16-30(37)17-13-28)39-33-21-20-32(22-34(33)41-36)38-23-27-10-8-7-9-11-27/h7-22,24-26,35-37H,23H2,1-6H3/t35-,36+/m0/s1. The third-order valence-corrected chi connectivity index (χ3v) is 15.7. The smallest absolute Gasteiger partial charge is 0.258 e. The minimum Gasteiger partial charge on any atom is -0.543 e. The minimum atomic E-state index is -2.05. The highest BCUT2D eigenvalue weighted by Gasteiger charge is 2.47. The molecule has 1 aliphatic rings. The maximum Gasteiger partial charge on any atom is 0.258 e. The van der Waals surface area contributed by atoms with Crippen LogP contribution in [-0.4, -0.2) is 13.4 Å². The number of ether oxygens (including phenoxy) is 2. The summed E-state index contributed by atoms with van der Waals surface area (Å²) in [5, 5.41) is 9.93. The summed E-state index contributed by atoms with van der Waals surface area (Å²) in [4.78, 5) is 1.05. The van der Waals surface area contributed by atoms with E-state index in [0.29, 0.717) is 23.2 Å². The molecule has 0 fully saturated rings. The van der Waals surface area contributed by atoms with Crippen LogP contribution in [0.5, 0.6) is 23.0 Å². The largest absolute Gasteiger partial charge is 0.543 e. The van der Waals surface area contributed by atoms with E-state index in [1.807, 2.05) is 42.5 Å². The Kier molecular flexibility index (Phi) is 9.24. The Morgan fingerprint density at radius 1 is 0.738 bits per heavy atom. The van der Waals surface area contributed by atoms with Crippen molar-refractivity contribution in [1.82, 2.24) is 0 Å². The molecule has 4 aromatic rings. The summed E-state index contributed by atoms with van der Waals surface area (Å²) < 4.78 is 19.7. The Morgan fingerprint density at radius 3 is 1.95 bits per heavy atom. The molecule has 1 aliphatic heterocycles. The SMILES string of the molecule is CC(C)[Si](Oc1ccc([C@H]2Sc3cc(OCc4ccccc4)ccc3O[C@H]2c2ccc(O)cc2)cc1)(C(C)C)C(C)C. The van der Waals surface area contributed by atoms with Crippen molar-refractivity contribution in [2.45, 2.75) is 81.0 Å². The summed E-state index contributed by atoms with van der Waals surface area (Å²) in [5.41, 5.74) is 4.84. The van der Waals surface area contributed by atoms with Crippen LogP contribution in [0.25, 0.3) is 0 Å². The van der Waals surface area contributed by atoms with Crippen molar-refractivity contribution in [3.05, 3.63) is 114 Å². The zero-order valence-corrected chi connectivity index (χ0v) is 27.2. The lowest BCUT2D eigenvalue weighted by Crippen LogP contribution is -2.50. The van der Waals surface area contributed by atoms with Gasteiger partial charge in [0.05, 0.1) is 10.1 Å². The highest BCUT2D eigenvalue weighted by molar-refractivity contribution is 7.99. The second kappa shape index (κ2) is 12.9. The molecule has 0 saturated heterocycles. The highest BCUT2D eigenvalue weighted by Crippen LogP contribution is 2.54. The van der Waals surface area contributed by atoms with Gasteiger partial charge in [-0.05, 0) is 75.8 Å². The number of rotatable bonds is 10. The zero-order chi connectivity index (χ0) is 29.9. The third kappa shape index (κ3) is 6.35. The maximum atomic E-state index is 9.93. The maximum absolute atomic E-state index is 9.93. The van der Waals surface area contributed by atoms with Gasteiger partial charge in [-0.25, -0.2) is 0 Å². The summed E-state index contributed by atoms with van der Waals surface area (Å²) in [5.74, 6) is 2.84. The lowest BCUT2D eigenvalue weighted by atomic mass is 10.00. The predicted molar refractivity (Wildman–Crippen MR) is 175 cm³/mol. The molecule has 0 aromatic heterocycles. The van der Waals surface area contributed by atoms with Crippen molar-refractivity contribution in [2.24, 2.45) is 0 Å².